The maximum Gasteiger partial charge on any atom is -0.0351 e. The molecule has 0 aliphatic heterocycles. The normalized spacial score (nSPS) is 11.6. The number of hydrogen-bond donors (Lipinski definition) is 0. The van der Waals surface area contributed by atoms with Crippen molar-refractivity contribution in [3.8, 4) is 0 Å². The Kier molecular flexibility index (Phi) is 26.5. The second-order valence-corrected chi connectivity index (χ2v) is 9.09. The van der Waals surface area contributed by atoms with Crippen LogP contribution >= 0.6 is 0 Å². The minimum atomic E-state index is 1.19. The number of rotatable bonds is 24. The van der Waals surface area contributed by atoms with Gasteiger partial charge in [-0.15, -0.1) is 0 Å². The molecule has 0 aromatic rings. The molecule has 0 unspecified atom stereocenters. The molecule has 0 aliphatic rings. The van der Waals surface area contributed by atoms with E-state index in [0.717, 1.165) is 0 Å². The van der Waals surface area contributed by atoms with Crippen molar-refractivity contribution in [2.45, 2.75) is 168 Å². The summed E-state index contributed by atoms with van der Waals surface area (Å²) in [6, 6.07) is 0. The van der Waals surface area contributed by atoms with Crippen LogP contribution in [0.5, 0.6) is 0 Å². The number of hydrogen-bond acceptors (Lipinski definition) is 0. The highest BCUT2D eigenvalue weighted by atomic mass is 14.0. The highest BCUT2D eigenvalue weighted by molar-refractivity contribution is 4.79. The molecule has 0 heterocycles. The lowest BCUT2D eigenvalue weighted by Gasteiger charge is -2.04. The molecule has 0 amide bonds. The van der Waals surface area contributed by atoms with E-state index in [4.69, 9.17) is 0 Å². The lowest BCUT2D eigenvalue weighted by Crippen LogP contribution is -1.84. The Balaban J connectivity index is 2.99. The van der Waals surface area contributed by atoms with Gasteiger partial charge in [-0.2, -0.15) is 0 Å². The summed E-state index contributed by atoms with van der Waals surface area (Å²) >= 11 is 0. The summed E-state index contributed by atoms with van der Waals surface area (Å²) in [5, 5.41) is 0. The van der Waals surface area contributed by atoms with Crippen LogP contribution in [0.4, 0.5) is 0 Å². The molecule has 168 valence electrons. The van der Waals surface area contributed by atoms with E-state index in [-0.39, 0.29) is 0 Å². The Hall–Kier alpha value is -0.260. The van der Waals surface area contributed by atoms with Crippen LogP contribution in [-0.2, 0) is 0 Å². The first-order valence-electron chi connectivity index (χ1n) is 13.6. The Morgan fingerprint density at radius 2 is 0.607 bits per heavy atom. The third-order valence-electron chi connectivity index (χ3n) is 6.13. The van der Waals surface area contributed by atoms with Gasteiger partial charge in [0.05, 0.1) is 0 Å². The third kappa shape index (κ3) is 25.7. The molecule has 28 heavy (non-hydrogen) atoms. The number of unbranched alkanes of at least 4 members (excludes halogenated alkanes) is 22. The van der Waals surface area contributed by atoms with Crippen LogP contribution in [0.15, 0.2) is 12.2 Å². The summed E-state index contributed by atoms with van der Waals surface area (Å²) in [7, 11) is 0. The van der Waals surface area contributed by atoms with E-state index < -0.39 is 0 Å². The van der Waals surface area contributed by atoms with Crippen molar-refractivity contribution in [1.29, 1.82) is 0 Å². The molecule has 0 heteroatoms. The molecule has 0 atom stereocenters. The van der Waals surface area contributed by atoms with Crippen LogP contribution in [-0.4, -0.2) is 0 Å². The molecule has 0 saturated carbocycles. The van der Waals surface area contributed by atoms with E-state index in [2.05, 4.69) is 26.0 Å². The van der Waals surface area contributed by atoms with Gasteiger partial charge in [-0.3, -0.25) is 0 Å². The van der Waals surface area contributed by atoms with Gasteiger partial charge in [0.1, 0.15) is 0 Å². The van der Waals surface area contributed by atoms with E-state index in [1.165, 1.54) is 154 Å². The van der Waals surface area contributed by atoms with Crippen LogP contribution in [0.1, 0.15) is 168 Å². The van der Waals surface area contributed by atoms with Gasteiger partial charge in [-0.25, -0.2) is 0 Å². The van der Waals surface area contributed by atoms with Crippen molar-refractivity contribution in [3.05, 3.63) is 12.2 Å². The van der Waals surface area contributed by atoms with E-state index in [1.807, 2.05) is 0 Å². The largest absolute Gasteiger partial charge is 0.0888 e. The maximum atomic E-state index is 2.36. The monoisotopic (exact) mass is 392 g/mol. The van der Waals surface area contributed by atoms with Crippen molar-refractivity contribution in [2.75, 3.05) is 0 Å². The molecule has 0 aromatic heterocycles. The topological polar surface area (TPSA) is 0 Å². The molecule has 0 nitrogen and oxygen atoms in total. The molecular weight excluding hydrogens is 336 g/mol. The first-order chi connectivity index (χ1) is 13.9. The van der Waals surface area contributed by atoms with Crippen molar-refractivity contribution in [3.63, 3.8) is 0 Å². The Bertz CT molecular complexity index is 278. The maximum absolute atomic E-state index is 2.36. The van der Waals surface area contributed by atoms with Crippen molar-refractivity contribution in [2.24, 2.45) is 0 Å². The van der Waals surface area contributed by atoms with Gasteiger partial charge < -0.3 is 0 Å². The van der Waals surface area contributed by atoms with Gasteiger partial charge in [-0.05, 0) is 19.3 Å². The molecule has 0 bridgehead atoms. The molecule has 0 spiro atoms. The molecule has 0 radical (unpaired) electrons. The fourth-order valence-electron chi connectivity index (χ4n) is 4.16. The molecule has 0 N–H and O–H groups in total. The second kappa shape index (κ2) is 26.7. The Morgan fingerprint density at radius 3 is 0.893 bits per heavy atom. The second-order valence-electron chi connectivity index (χ2n) is 9.09. The van der Waals surface area contributed by atoms with Gasteiger partial charge in [0.15, 0.2) is 0 Å². The predicted molar refractivity (Wildman–Crippen MR) is 131 cm³/mol. The molecule has 0 aliphatic carbocycles. The zero-order valence-electron chi connectivity index (χ0n) is 20.1. The van der Waals surface area contributed by atoms with E-state index in [9.17, 15) is 0 Å². The first-order valence-corrected chi connectivity index (χ1v) is 13.6. The summed E-state index contributed by atoms with van der Waals surface area (Å²) < 4.78 is 0. The van der Waals surface area contributed by atoms with Crippen LogP contribution in [0.2, 0.25) is 0 Å². The van der Waals surface area contributed by atoms with Crippen LogP contribution in [0.25, 0.3) is 0 Å². The van der Waals surface area contributed by atoms with Gasteiger partial charge in [0, 0.05) is 0 Å². The molecular formula is C28H56. The van der Waals surface area contributed by atoms with E-state index in [1.54, 1.807) is 0 Å². The molecule has 0 aromatic carbocycles. The Labute approximate surface area is 180 Å². The molecule has 0 fully saturated rings. The van der Waals surface area contributed by atoms with Crippen LogP contribution in [0, 0.1) is 0 Å². The minimum Gasteiger partial charge on any atom is -0.0888 e. The quantitative estimate of drug-likeness (QED) is 0.113. The van der Waals surface area contributed by atoms with Crippen LogP contribution < -0.4 is 0 Å². The van der Waals surface area contributed by atoms with Gasteiger partial charge in [0.25, 0.3) is 0 Å². The highest BCUT2D eigenvalue weighted by Crippen LogP contribution is 2.15. The van der Waals surface area contributed by atoms with Gasteiger partial charge in [-0.1, -0.05) is 161 Å². The summed E-state index contributed by atoms with van der Waals surface area (Å²) in [6.45, 7) is 4.52. The summed E-state index contributed by atoms with van der Waals surface area (Å²) in [6.07, 6.45) is 39.5. The van der Waals surface area contributed by atoms with Gasteiger partial charge in [0.2, 0.25) is 0 Å². The average molecular weight is 393 g/mol. The van der Waals surface area contributed by atoms with E-state index in [0.29, 0.717) is 0 Å². The van der Waals surface area contributed by atoms with Crippen molar-refractivity contribution < 1.29 is 0 Å². The summed E-state index contributed by atoms with van der Waals surface area (Å²) in [5.41, 5.74) is 0. The van der Waals surface area contributed by atoms with E-state index >= 15 is 0 Å². The predicted octanol–water partition coefficient (Wildman–Crippen LogP) is 10.9. The fourth-order valence-corrected chi connectivity index (χ4v) is 4.16. The zero-order valence-corrected chi connectivity index (χ0v) is 20.1. The minimum absolute atomic E-state index is 1.19. The zero-order chi connectivity index (χ0) is 20.4. The smallest absolute Gasteiger partial charge is 0.0351 e. The lowest BCUT2D eigenvalue weighted by molar-refractivity contribution is 0.519. The molecule has 0 rings (SSSR count). The fraction of sp³-hybridized carbons (Fsp3) is 0.929. The highest BCUT2D eigenvalue weighted by Gasteiger charge is 1.95. The van der Waals surface area contributed by atoms with Crippen molar-refractivity contribution in [1.82, 2.24) is 0 Å². The average Bonchev–Trinajstić information content (AvgIpc) is 2.71. The summed E-state index contributed by atoms with van der Waals surface area (Å²) in [5.74, 6) is 0. The Morgan fingerprint density at radius 1 is 0.321 bits per heavy atom. The SMILES string of the molecule is CCC=CCCCCCCCCCCCCCCCCCCCCCCCC. The number of allylic oxidation sites excluding steroid dienone is 2. The summed E-state index contributed by atoms with van der Waals surface area (Å²) in [4.78, 5) is 0. The standard InChI is InChI=1S/C28H56/c1-3-5-7-9-11-13-15-17-19-21-23-25-27-28-26-24-22-20-18-16-14-12-10-8-6-4-2/h5,7H,3-4,6,8-28H2,1-2H3. The van der Waals surface area contributed by atoms with Crippen LogP contribution in [0.3, 0.4) is 0 Å². The lowest BCUT2D eigenvalue weighted by atomic mass is 10.0. The first kappa shape index (κ1) is 27.7. The van der Waals surface area contributed by atoms with Gasteiger partial charge >= 0.3 is 0 Å². The molecule has 0 saturated heterocycles. The third-order valence-corrected chi connectivity index (χ3v) is 6.13. The van der Waals surface area contributed by atoms with Crippen molar-refractivity contribution >= 4 is 0 Å².